The number of para-hydroxylation sites is 2. The van der Waals surface area contributed by atoms with Crippen LogP contribution in [0.3, 0.4) is 0 Å². The minimum Gasteiger partial charge on any atom is -0.489 e. The molecule has 0 radical (unpaired) electrons. The van der Waals surface area contributed by atoms with Gasteiger partial charge < -0.3 is 9.64 Å². The average Bonchev–Trinajstić information content (AvgIpc) is 3.22. The van der Waals surface area contributed by atoms with Gasteiger partial charge in [-0.2, -0.15) is 0 Å². The number of nitrogens with zero attached hydrogens (tertiary/aromatic N) is 2. The molecule has 150 valence electrons. The fraction of sp³-hybridized carbons (Fsp3) is 0.231. The van der Waals surface area contributed by atoms with Crippen LogP contribution in [0.1, 0.15) is 30.4 Å². The second kappa shape index (κ2) is 8.15. The summed E-state index contributed by atoms with van der Waals surface area (Å²) < 4.78 is 5.89. The SMILES string of the molecule is O=C1C2CCCC2=Nc2ccccc2N1Cc1ccc(OCc2ccccc2)cc1. The van der Waals surface area contributed by atoms with E-state index < -0.39 is 0 Å². The summed E-state index contributed by atoms with van der Waals surface area (Å²) in [5.41, 5.74) is 5.05. The third-order valence-electron chi connectivity index (χ3n) is 5.84. The Morgan fingerprint density at radius 3 is 2.50 bits per heavy atom. The molecule has 2 aliphatic rings. The van der Waals surface area contributed by atoms with Gasteiger partial charge in [0.2, 0.25) is 5.91 Å². The van der Waals surface area contributed by atoms with Gasteiger partial charge >= 0.3 is 0 Å². The first-order valence-corrected chi connectivity index (χ1v) is 10.5. The third kappa shape index (κ3) is 3.73. The Kier molecular flexibility index (Phi) is 5.06. The fourth-order valence-electron chi connectivity index (χ4n) is 4.25. The molecule has 0 N–H and O–H groups in total. The van der Waals surface area contributed by atoms with Crippen molar-refractivity contribution in [3.8, 4) is 5.75 Å². The van der Waals surface area contributed by atoms with Crippen molar-refractivity contribution in [2.75, 3.05) is 4.90 Å². The smallest absolute Gasteiger partial charge is 0.236 e. The van der Waals surface area contributed by atoms with Crippen LogP contribution in [0.5, 0.6) is 5.75 Å². The van der Waals surface area contributed by atoms with Crippen molar-refractivity contribution < 1.29 is 9.53 Å². The maximum Gasteiger partial charge on any atom is 0.236 e. The van der Waals surface area contributed by atoms with Gasteiger partial charge in [-0.15, -0.1) is 0 Å². The van der Waals surface area contributed by atoms with Gasteiger partial charge in [-0.25, -0.2) is 0 Å². The van der Waals surface area contributed by atoms with E-state index in [9.17, 15) is 4.79 Å². The summed E-state index contributed by atoms with van der Waals surface area (Å²) in [6, 6.07) is 26.1. The standard InChI is InChI=1S/C26H24N2O2/c29-26-22-9-6-11-23(22)27-24-10-4-5-12-25(24)28(26)17-19-13-15-21(16-14-19)30-18-20-7-2-1-3-8-20/h1-5,7-8,10,12-16,22H,6,9,11,17-18H2. The molecule has 1 unspecified atom stereocenters. The second-order valence-electron chi connectivity index (χ2n) is 7.88. The number of hydrogen-bond donors (Lipinski definition) is 0. The fourth-order valence-corrected chi connectivity index (χ4v) is 4.25. The Hall–Kier alpha value is -3.40. The molecule has 1 heterocycles. The first-order chi connectivity index (χ1) is 14.8. The summed E-state index contributed by atoms with van der Waals surface area (Å²) >= 11 is 0. The van der Waals surface area contributed by atoms with Crippen LogP contribution in [-0.2, 0) is 17.9 Å². The zero-order valence-corrected chi connectivity index (χ0v) is 16.8. The van der Waals surface area contributed by atoms with E-state index in [1.54, 1.807) is 0 Å². The topological polar surface area (TPSA) is 41.9 Å². The molecule has 30 heavy (non-hydrogen) atoms. The molecule has 5 rings (SSSR count). The molecule has 3 aromatic carbocycles. The summed E-state index contributed by atoms with van der Waals surface area (Å²) in [6.45, 7) is 1.08. The summed E-state index contributed by atoms with van der Waals surface area (Å²) in [5, 5.41) is 0. The van der Waals surface area contributed by atoms with E-state index in [2.05, 4.69) is 12.1 Å². The monoisotopic (exact) mass is 396 g/mol. The van der Waals surface area contributed by atoms with Crippen LogP contribution < -0.4 is 9.64 Å². The van der Waals surface area contributed by atoms with Gasteiger partial charge in [-0.3, -0.25) is 9.79 Å². The van der Waals surface area contributed by atoms with Gasteiger partial charge in [0, 0.05) is 5.71 Å². The molecule has 1 amide bonds. The van der Waals surface area contributed by atoms with Crippen molar-refractivity contribution in [3.63, 3.8) is 0 Å². The molecule has 1 fully saturated rings. The van der Waals surface area contributed by atoms with Crippen LogP contribution in [0.2, 0.25) is 0 Å². The predicted molar refractivity (Wildman–Crippen MR) is 119 cm³/mol. The number of anilines is 1. The van der Waals surface area contributed by atoms with Crippen LogP contribution in [0, 0.1) is 5.92 Å². The zero-order chi connectivity index (χ0) is 20.3. The van der Waals surface area contributed by atoms with E-state index >= 15 is 0 Å². The van der Waals surface area contributed by atoms with Crippen molar-refractivity contribution in [1.29, 1.82) is 0 Å². The molecule has 1 saturated carbocycles. The summed E-state index contributed by atoms with van der Waals surface area (Å²) in [5.74, 6) is 0.915. The van der Waals surface area contributed by atoms with Crippen molar-refractivity contribution in [2.24, 2.45) is 10.9 Å². The van der Waals surface area contributed by atoms with Crippen LogP contribution in [0.25, 0.3) is 0 Å². The first kappa shape index (κ1) is 18.6. The van der Waals surface area contributed by atoms with E-state index in [-0.39, 0.29) is 11.8 Å². The lowest BCUT2D eigenvalue weighted by Crippen LogP contribution is -2.36. The highest BCUT2D eigenvalue weighted by atomic mass is 16.5. The number of hydrogen-bond acceptors (Lipinski definition) is 3. The van der Waals surface area contributed by atoms with Crippen LogP contribution in [0.15, 0.2) is 83.9 Å². The summed E-state index contributed by atoms with van der Waals surface area (Å²) in [7, 11) is 0. The van der Waals surface area contributed by atoms with E-state index in [1.165, 1.54) is 0 Å². The van der Waals surface area contributed by atoms with Crippen LogP contribution in [-0.4, -0.2) is 11.6 Å². The van der Waals surface area contributed by atoms with Gasteiger partial charge in [0.15, 0.2) is 0 Å². The third-order valence-corrected chi connectivity index (χ3v) is 5.84. The molecule has 3 aromatic rings. The highest BCUT2D eigenvalue weighted by molar-refractivity contribution is 6.14. The van der Waals surface area contributed by atoms with E-state index in [0.717, 1.165) is 53.2 Å². The quantitative estimate of drug-likeness (QED) is 0.556. The molecule has 1 aliphatic heterocycles. The highest BCUT2D eigenvalue weighted by Gasteiger charge is 2.36. The molecular weight excluding hydrogens is 372 g/mol. The van der Waals surface area contributed by atoms with Crippen LogP contribution in [0.4, 0.5) is 11.4 Å². The summed E-state index contributed by atoms with van der Waals surface area (Å²) in [4.78, 5) is 20.1. The minimum atomic E-state index is -0.0779. The van der Waals surface area contributed by atoms with Gasteiger partial charge in [0.25, 0.3) is 0 Å². The molecule has 0 aromatic heterocycles. The molecule has 0 bridgehead atoms. The van der Waals surface area contributed by atoms with E-state index in [4.69, 9.17) is 9.73 Å². The molecule has 0 saturated heterocycles. The molecule has 0 spiro atoms. The summed E-state index contributed by atoms with van der Waals surface area (Å²) in [6.07, 6.45) is 2.86. The number of amides is 1. The largest absolute Gasteiger partial charge is 0.489 e. The number of benzene rings is 3. The minimum absolute atomic E-state index is 0.0779. The van der Waals surface area contributed by atoms with E-state index in [0.29, 0.717) is 13.2 Å². The highest BCUT2D eigenvalue weighted by Crippen LogP contribution is 2.38. The maximum absolute atomic E-state index is 13.3. The van der Waals surface area contributed by atoms with Crippen LogP contribution >= 0.6 is 0 Å². The Morgan fingerprint density at radius 2 is 1.67 bits per heavy atom. The lowest BCUT2D eigenvalue weighted by atomic mass is 10.0. The molecule has 4 heteroatoms. The number of rotatable bonds is 5. The second-order valence-corrected chi connectivity index (χ2v) is 7.88. The lowest BCUT2D eigenvalue weighted by molar-refractivity contribution is -0.120. The molecule has 1 aliphatic carbocycles. The maximum atomic E-state index is 13.3. The van der Waals surface area contributed by atoms with Crippen molar-refractivity contribution in [1.82, 2.24) is 0 Å². The normalized spacial score (nSPS) is 17.7. The number of carbonyl (C=O) groups excluding carboxylic acids is 1. The Labute approximate surface area is 176 Å². The number of carbonyl (C=O) groups is 1. The molecular formula is C26H24N2O2. The van der Waals surface area contributed by atoms with Crippen molar-refractivity contribution >= 4 is 23.0 Å². The van der Waals surface area contributed by atoms with Gasteiger partial charge in [0.1, 0.15) is 12.4 Å². The average molecular weight is 396 g/mol. The first-order valence-electron chi connectivity index (χ1n) is 10.5. The van der Waals surface area contributed by atoms with Gasteiger partial charge in [-0.05, 0) is 54.7 Å². The zero-order valence-electron chi connectivity index (χ0n) is 16.8. The molecule has 1 atom stereocenters. The number of ether oxygens (including phenoxy) is 1. The number of aliphatic imine (C=N–C) groups is 1. The predicted octanol–water partition coefficient (Wildman–Crippen LogP) is 5.69. The van der Waals surface area contributed by atoms with Gasteiger partial charge in [0.05, 0.1) is 23.8 Å². The lowest BCUT2D eigenvalue weighted by Gasteiger charge is -2.25. The molecule has 4 nitrogen and oxygen atoms in total. The number of fused-ring (bicyclic) bond motifs is 2. The Morgan fingerprint density at radius 1 is 0.900 bits per heavy atom. The Bertz CT molecular complexity index is 1070. The Balaban J connectivity index is 1.34. The van der Waals surface area contributed by atoms with Crippen molar-refractivity contribution in [2.45, 2.75) is 32.4 Å². The van der Waals surface area contributed by atoms with Gasteiger partial charge in [-0.1, -0.05) is 54.6 Å². The van der Waals surface area contributed by atoms with Crippen molar-refractivity contribution in [3.05, 3.63) is 90.0 Å². The van der Waals surface area contributed by atoms with E-state index in [1.807, 2.05) is 71.6 Å².